The Morgan fingerprint density at radius 3 is 2.30 bits per heavy atom. The lowest BCUT2D eigenvalue weighted by Crippen LogP contribution is -2.19. The van der Waals surface area contributed by atoms with Crippen LogP contribution in [-0.4, -0.2) is 6.04 Å². The Balaban J connectivity index is 1.81. The van der Waals surface area contributed by atoms with Gasteiger partial charge in [-0.25, -0.2) is 0 Å². The van der Waals surface area contributed by atoms with E-state index in [0.29, 0.717) is 0 Å². The third-order valence-electron chi connectivity index (χ3n) is 4.07. The molecule has 0 fully saturated rings. The Labute approximate surface area is 121 Å². The van der Waals surface area contributed by atoms with Crippen LogP contribution in [0.25, 0.3) is 0 Å². The molecule has 20 heavy (non-hydrogen) atoms. The van der Waals surface area contributed by atoms with Crippen LogP contribution in [0.4, 0.5) is 5.69 Å². The molecule has 2 nitrogen and oxygen atoms in total. The normalized spacial score (nSPS) is 15.2. The van der Waals surface area contributed by atoms with Crippen LogP contribution in [0.5, 0.6) is 0 Å². The van der Waals surface area contributed by atoms with E-state index in [2.05, 4.69) is 61.2 Å². The number of hydrogen-bond acceptors (Lipinski definition) is 2. The molecule has 0 aliphatic carbocycles. The van der Waals surface area contributed by atoms with Crippen molar-refractivity contribution in [2.45, 2.75) is 39.4 Å². The lowest BCUT2D eigenvalue weighted by atomic mass is 10.0. The molecule has 0 saturated carbocycles. The second-order valence-corrected chi connectivity index (χ2v) is 5.92. The maximum absolute atomic E-state index is 5.90. The van der Waals surface area contributed by atoms with E-state index in [-0.39, 0.29) is 6.04 Å². The van der Waals surface area contributed by atoms with Gasteiger partial charge in [-0.15, -0.1) is 0 Å². The van der Waals surface area contributed by atoms with Gasteiger partial charge >= 0.3 is 0 Å². The molecule has 0 saturated heterocycles. The van der Waals surface area contributed by atoms with E-state index in [1.54, 1.807) is 0 Å². The van der Waals surface area contributed by atoms with E-state index in [4.69, 9.17) is 5.73 Å². The van der Waals surface area contributed by atoms with Crippen molar-refractivity contribution in [3.8, 4) is 0 Å². The first-order valence-corrected chi connectivity index (χ1v) is 7.30. The maximum Gasteiger partial charge on any atom is 0.0436 e. The van der Waals surface area contributed by atoms with Crippen molar-refractivity contribution >= 4 is 5.69 Å². The van der Waals surface area contributed by atoms with Crippen LogP contribution in [0, 0.1) is 6.92 Å². The lowest BCUT2D eigenvalue weighted by molar-refractivity contribution is 0.734. The van der Waals surface area contributed by atoms with Crippen molar-refractivity contribution in [2.75, 3.05) is 4.90 Å². The first-order chi connectivity index (χ1) is 9.63. The zero-order chi connectivity index (χ0) is 14.1. The molecular formula is C18H22N2. The zero-order valence-electron chi connectivity index (χ0n) is 12.3. The summed E-state index contributed by atoms with van der Waals surface area (Å²) in [5.41, 5.74) is 12.8. The molecule has 1 atom stereocenters. The molecule has 0 bridgehead atoms. The van der Waals surface area contributed by atoms with Crippen LogP contribution in [0.2, 0.25) is 0 Å². The van der Waals surface area contributed by atoms with Crippen LogP contribution in [-0.2, 0) is 19.5 Å². The summed E-state index contributed by atoms with van der Waals surface area (Å²) in [6.07, 6.45) is 0.951. The summed E-state index contributed by atoms with van der Waals surface area (Å²) < 4.78 is 0. The first kappa shape index (κ1) is 13.2. The van der Waals surface area contributed by atoms with Gasteiger partial charge < -0.3 is 10.6 Å². The van der Waals surface area contributed by atoms with Gasteiger partial charge in [-0.2, -0.15) is 0 Å². The Kier molecular flexibility index (Phi) is 3.49. The summed E-state index contributed by atoms with van der Waals surface area (Å²) in [4.78, 5) is 2.44. The van der Waals surface area contributed by atoms with Gasteiger partial charge in [-0.3, -0.25) is 0 Å². The SMILES string of the molecule is Cc1cc(N2Cc3ccccc3C2)ccc1CC(C)N. The molecule has 2 N–H and O–H groups in total. The number of anilines is 1. The van der Waals surface area contributed by atoms with Crippen molar-refractivity contribution < 1.29 is 0 Å². The third-order valence-corrected chi connectivity index (χ3v) is 4.07. The quantitative estimate of drug-likeness (QED) is 0.922. The summed E-state index contributed by atoms with van der Waals surface area (Å²) in [5.74, 6) is 0. The molecule has 3 rings (SSSR count). The molecule has 1 heterocycles. The van der Waals surface area contributed by atoms with E-state index < -0.39 is 0 Å². The van der Waals surface area contributed by atoms with Crippen LogP contribution < -0.4 is 10.6 Å². The fraction of sp³-hybridized carbons (Fsp3) is 0.333. The van der Waals surface area contributed by atoms with E-state index in [9.17, 15) is 0 Å². The minimum absolute atomic E-state index is 0.218. The van der Waals surface area contributed by atoms with Crippen LogP contribution in [0.15, 0.2) is 42.5 Å². The molecule has 104 valence electrons. The van der Waals surface area contributed by atoms with Gasteiger partial charge in [0.2, 0.25) is 0 Å². The number of benzene rings is 2. The highest BCUT2D eigenvalue weighted by atomic mass is 15.1. The van der Waals surface area contributed by atoms with Crippen LogP contribution >= 0.6 is 0 Å². The molecule has 0 spiro atoms. The van der Waals surface area contributed by atoms with Gasteiger partial charge in [0.15, 0.2) is 0 Å². The summed E-state index contributed by atoms with van der Waals surface area (Å²) >= 11 is 0. The predicted octanol–water partition coefficient (Wildman–Crippen LogP) is 3.40. The molecule has 2 aromatic rings. The fourth-order valence-electron chi connectivity index (χ4n) is 2.97. The summed E-state index contributed by atoms with van der Waals surface area (Å²) in [5, 5.41) is 0. The van der Waals surface area contributed by atoms with Crippen molar-refractivity contribution in [1.29, 1.82) is 0 Å². The highest BCUT2D eigenvalue weighted by molar-refractivity contribution is 5.54. The van der Waals surface area contributed by atoms with Crippen molar-refractivity contribution in [2.24, 2.45) is 5.73 Å². The largest absolute Gasteiger partial charge is 0.363 e. The number of nitrogens with two attached hydrogens (primary N) is 1. The molecule has 0 aromatic heterocycles. The molecule has 1 unspecified atom stereocenters. The molecule has 1 aliphatic rings. The van der Waals surface area contributed by atoms with Gasteiger partial charge in [-0.1, -0.05) is 30.3 Å². The number of hydrogen-bond donors (Lipinski definition) is 1. The topological polar surface area (TPSA) is 29.3 Å². The Morgan fingerprint density at radius 1 is 1.10 bits per heavy atom. The summed E-state index contributed by atoms with van der Waals surface area (Å²) in [6.45, 7) is 6.28. The maximum atomic E-state index is 5.90. The monoisotopic (exact) mass is 266 g/mol. The number of rotatable bonds is 3. The van der Waals surface area contributed by atoms with Crippen molar-refractivity contribution in [3.05, 3.63) is 64.7 Å². The Hall–Kier alpha value is -1.80. The van der Waals surface area contributed by atoms with Gasteiger partial charge in [0, 0.05) is 24.8 Å². The fourth-order valence-corrected chi connectivity index (χ4v) is 2.97. The standard InChI is InChI=1S/C18H22N2/c1-13-9-18(8-7-15(13)10-14(2)19)20-11-16-5-3-4-6-17(16)12-20/h3-9,14H,10-12,19H2,1-2H3. The highest BCUT2D eigenvalue weighted by Crippen LogP contribution is 2.29. The van der Waals surface area contributed by atoms with Gasteiger partial charge in [-0.05, 0) is 54.7 Å². The lowest BCUT2D eigenvalue weighted by Gasteiger charge is -2.20. The number of fused-ring (bicyclic) bond motifs is 1. The van der Waals surface area contributed by atoms with Gasteiger partial charge in [0.1, 0.15) is 0 Å². The minimum Gasteiger partial charge on any atom is -0.363 e. The van der Waals surface area contributed by atoms with Crippen LogP contribution in [0.1, 0.15) is 29.2 Å². The Bertz CT molecular complexity index is 592. The average molecular weight is 266 g/mol. The van der Waals surface area contributed by atoms with E-state index in [1.165, 1.54) is 27.9 Å². The molecule has 0 amide bonds. The van der Waals surface area contributed by atoms with Gasteiger partial charge in [0.25, 0.3) is 0 Å². The minimum atomic E-state index is 0.218. The smallest absolute Gasteiger partial charge is 0.0436 e. The van der Waals surface area contributed by atoms with E-state index >= 15 is 0 Å². The van der Waals surface area contributed by atoms with Crippen molar-refractivity contribution in [3.63, 3.8) is 0 Å². The predicted molar refractivity (Wildman–Crippen MR) is 84.9 cm³/mol. The molecule has 0 radical (unpaired) electrons. The zero-order valence-corrected chi connectivity index (χ0v) is 12.3. The van der Waals surface area contributed by atoms with Gasteiger partial charge in [0.05, 0.1) is 0 Å². The van der Waals surface area contributed by atoms with Crippen molar-refractivity contribution in [1.82, 2.24) is 0 Å². The molecule has 2 aromatic carbocycles. The average Bonchev–Trinajstić information content (AvgIpc) is 2.84. The highest BCUT2D eigenvalue weighted by Gasteiger charge is 2.18. The molecule has 1 aliphatic heterocycles. The summed E-state index contributed by atoms with van der Waals surface area (Å²) in [6, 6.07) is 15.7. The second kappa shape index (κ2) is 5.29. The summed E-state index contributed by atoms with van der Waals surface area (Å²) in [7, 11) is 0. The van der Waals surface area contributed by atoms with Crippen LogP contribution in [0.3, 0.4) is 0 Å². The van der Waals surface area contributed by atoms with E-state index in [1.807, 2.05) is 0 Å². The third kappa shape index (κ3) is 2.56. The first-order valence-electron chi connectivity index (χ1n) is 7.30. The number of nitrogens with zero attached hydrogens (tertiary/aromatic N) is 1. The van der Waals surface area contributed by atoms with E-state index in [0.717, 1.165) is 19.5 Å². The Morgan fingerprint density at radius 2 is 1.75 bits per heavy atom. The molecule has 2 heteroatoms. The molecular weight excluding hydrogens is 244 g/mol. The second-order valence-electron chi connectivity index (χ2n) is 5.92. The number of aryl methyl sites for hydroxylation is 1.